The Balaban J connectivity index is 2.82. The zero-order valence-corrected chi connectivity index (χ0v) is 9.95. The maximum atomic E-state index is 11.7. The third-order valence-corrected chi connectivity index (χ3v) is 2.33. The van der Waals surface area contributed by atoms with Gasteiger partial charge in [0.15, 0.2) is 0 Å². The molecule has 0 amide bonds. The SMILES string of the molecule is C=C(C)CCc1ccccc1C(=O)OCC. The van der Waals surface area contributed by atoms with Crippen LogP contribution in [0.5, 0.6) is 0 Å². The van der Waals surface area contributed by atoms with E-state index in [0.717, 1.165) is 24.0 Å². The van der Waals surface area contributed by atoms with Crippen molar-refractivity contribution in [3.63, 3.8) is 0 Å². The number of carbonyl (C=O) groups is 1. The molecule has 0 fully saturated rings. The highest BCUT2D eigenvalue weighted by molar-refractivity contribution is 5.91. The van der Waals surface area contributed by atoms with Gasteiger partial charge in [0.1, 0.15) is 0 Å². The molecule has 0 saturated heterocycles. The normalized spacial score (nSPS) is 9.88. The molecule has 0 radical (unpaired) electrons. The van der Waals surface area contributed by atoms with Crippen LogP contribution in [0.2, 0.25) is 0 Å². The molecule has 0 unspecified atom stereocenters. The average Bonchev–Trinajstić information content (AvgIpc) is 2.27. The van der Waals surface area contributed by atoms with Crippen LogP contribution in [0.1, 0.15) is 36.2 Å². The topological polar surface area (TPSA) is 26.3 Å². The second-order valence-electron chi connectivity index (χ2n) is 3.83. The van der Waals surface area contributed by atoms with Gasteiger partial charge in [-0.2, -0.15) is 0 Å². The first-order valence-electron chi connectivity index (χ1n) is 5.54. The molecular weight excluding hydrogens is 200 g/mol. The van der Waals surface area contributed by atoms with E-state index in [1.54, 1.807) is 0 Å². The van der Waals surface area contributed by atoms with Gasteiger partial charge in [0.2, 0.25) is 0 Å². The summed E-state index contributed by atoms with van der Waals surface area (Å²) in [6.45, 7) is 8.08. The minimum absolute atomic E-state index is 0.236. The number of hydrogen-bond acceptors (Lipinski definition) is 2. The summed E-state index contributed by atoms with van der Waals surface area (Å²) in [6, 6.07) is 7.58. The first-order chi connectivity index (χ1) is 7.65. The van der Waals surface area contributed by atoms with Crippen LogP contribution in [-0.2, 0) is 11.2 Å². The number of esters is 1. The summed E-state index contributed by atoms with van der Waals surface area (Å²) in [5.74, 6) is -0.236. The lowest BCUT2D eigenvalue weighted by atomic mass is 10.0. The molecule has 0 aromatic heterocycles. The van der Waals surface area contributed by atoms with Gasteiger partial charge in [-0.3, -0.25) is 0 Å². The van der Waals surface area contributed by atoms with Crippen LogP contribution >= 0.6 is 0 Å². The van der Waals surface area contributed by atoms with Crippen molar-refractivity contribution in [3.05, 3.63) is 47.5 Å². The third kappa shape index (κ3) is 3.54. The Hall–Kier alpha value is -1.57. The first kappa shape index (κ1) is 12.5. The molecule has 2 heteroatoms. The summed E-state index contributed by atoms with van der Waals surface area (Å²) < 4.78 is 5.01. The van der Waals surface area contributed by atoms with Gasteiger partial charge >= 0.3 is 5.97 Å². The highest BCUT2D eigenvalue weighted by Crippen LogP contribution is 2.14. The van der Waals surface area contributed by atoms with Gasteiger partial charge < -0.3 is 4.74 Å². The van der Waals surface area contributed by atoms with Crippen molar-refractivity contribution in [1.29, 1.82) is 0 Å². The van der Waals surface area contributed by atoms with E-state index in [2.05, 4.69) is 6.58 Å². The zero-order valence-electron chi connectivity index (χ0n) is 9.95. The highest BCUT2D eigenvalue weighted by atomic mass is 16.5. The molecule has 86 valence electrons. The second kappa shape index (κ2) is 6.11. The summed E-state index contributed by atoms with van der Waals surface area (Å²) >= 11 is 0. The molecule has 2 nitrogen and oxygen atoms in total. The van der Waals surface area contributed by atoms with Gasteiger partial charge in [-0.15, -0.1) is 6.58 Å². The van der Waals surface area contributed by atoms with Crippen molar-refractivity contribution < 1.29 is 9.53 Å². The summed E-state index contributed by atoms with van der Waals surface area (Å²) in [5.41, 5.74) is 2.83. The number of rotatable bonds is 5. The number of ether oxygens (including phenoxy) is 1. The Morgan fingerprint density at radius 3 is 2.69 bits per heavy atom. The summed E-state index contributed by atoms with van der Waals surface area (Å²) in [6.07, 6.45) is 1.74. The molecule has 16 heavy (non-hydrogen) atoms. The standard InChI is InChI=1S/C14H18O2/c1-4-16-14(15)13-8-6-5-7-12(13)10-9-11(2)3/h5-8H,2,4,9-10H2,1,3H3. The van der Waals surface area contributed by atoms with E-state index in [4.69, 9.17) is 4.74 Å². The summed E-state index contributed by atoms with van der Waals surface area (Å²) in [4.78, 5) is 11.7. The van der Waals surface area contributed by atoms with Crippen molar-refractivity contribution >= 4 is 5.97 Å². The first-order valence-corrected chi connectivity index (χ1v) is 5.54. The Bertz CT molecular complexity index is 380. The van der Waals surface area contributed by atoms with Crippen LogP contribution < -0.4 is 0 Å². The predicted octanol–water partition coefficient (Wildman–Crippen LogP) is 3.37. The smallest absolute Gasteiger partial charge is 0.338 e. The van der Waals surface area contributed by atoms with E-state index in [0.29, 0.717) is 12.2 Å². The van der Waals surface area contributed by atoms with Gasteiger partial charge in [-0.25, -0.2) is 4.79 Å². The van der Waals surface area contributed by atoms with Crippen LogP contribution in [0.3, 0.4) is 0 Å². The van der Waals surface area contributed by atoms with Crippen molar-refractivity contribution in [2.75, 3.05) is 6.61 Å². The Labute approximate surface area is 96.9 Å². The summed E-state index contributed by atoms with van der Waals surface area (Å²) in [7, 11) is 0. The van der Waals surface area contributed by atoms with Crippen molar-refractivity contribution in [1.82, 2.24) is 0 Å². The molecule has 0 aliphatic heterocycles. The van der Waals surface area contributed by atoms with E-state index in [1.165, 1.54) is 0 Å². The van der Waals surface area contributed by atoms with Crippen LogP contribution in [0.25, 0.3) is 0 Å². The lowest BCUT2D eigenvalue weighted by molar-refractivity contribution is 0.0525. The van der Waals surface area contributed by atoms with Crippen molar-refractivity contribution in [2.45, 2.75) is 26.7 Å². The quantitative estimate of drug-likeness (QED) is 0.559. The summed E-state index contributed by atoms with van der Waals surface area (Å²) in [5, 5.41) is 0. The molecule has 1 rings (SSSR count). The van der Waals surface area contributed by atoms with Crippen LogP contribution in [0.4, 0.5) is 0 Å². The minimum atomic E-state index is -0.236. The fourth-order valence-corrected chi connectivity index (χ4v) is 1.49. The van der Waals surface area contributed by atoms with Gasteiger partial charge in [0, 0.05) is 0 Å². The molecule has 0 heterocycles. The monoisotopic (exact) mass is 218 g/mol. The Morgan fingerprint density at radius 1 is 1.38 bits per heavy atom. The molecule has 0 aliphatic carbocycles. The third-order valence-electron chi connectivity index (χ3n) is 2.33. The van der Waals surface area contributed by atoms with E-state index in [9.17, 15) is 4.79 Å². The minimum Gasteiger partial charge on any atom is -0.462 e. The van der Waals surface area contributed by atoms with Gasteiger partial charge in [-0.05, 0) is 38.3 Å². The fraction of sp³-hybridized carbons (Fsp3) is 0.357. The average molecular weight is 218 g/mol. The highest BCUT2D eigenvalue weighted by Gasteiger charge is 2.10. The molecule has 0 N–H and O–H groups in total. The molecule has 0 aliphatic rings. The van der Waals surface area contributed by atoms with Crippen LogP contribution in [0, 0.1) is 0 Å². The lowest BCUT2D eigenvalue weighted by Crippen LogP contribution is -2.08. The van der Waals surface area contributed by atoms with E-state index in [1.807, 2.05) is 38.1 Å². The van der Waals surface area contributed by atoms with Crippen LogP contribution in [0.15, 0.2) is 36.4 Å². The molecule has 0 saturated carbocycles. The largest absolute Gasteiger partial charge is 0.462 e. The van der Waals surface area contributed by atoms with Gasteiger partial charge in [0.05, 0.1) is 12.2 Å². The fourth-order valence-electron chi connectivity index (χ4n) is 1.49. The number of carbonyl (C=O) groups excluding carboxylic acids is 1. The number of allylic oxidation sites excluding steroid dienone is 1. The number of benzene rings is 1. The molecular formula is C14H18O2. The molecule has 1 aromatic carbocycles. The predicted molar refractivity (Wildman–Crippen MR) is 65.5 cm³/mol. The Morgan fingerprint density at radius 2 is 2.06 bits per heavy atom. The van der Waals surface area contributed by atoms with Gasteiger partial charge in [-0.1, -0.05) is 23.8 Å². The molecule has 0 atom stereocenters. The van der Waals surface area contributed by atoms with E-state index >= 15 is 0 Å². The maximum absolute atomic E-state index is 11.7. The van der Waals surface area contributed by atoms with Crippen molar-refractivity contribution in [2.24, 2.45) is 0 Å². The molecule has 1 aromatic rings. The molecule has 0 spiro atoms. The Kier molecular flexibility index (Phi) is 4.77. The van der Waals surface area contributed by atoms with Gasteiger partial charge in [0.25, 0.3) is 0 Å². The van der Waals surface area contributed by atoms with E-state index < -0.39 is 0 Å². The number of aryl methyl sites for hydroxylation is 1. The lowest BCUT2D eigenvalue weighted by Gasteiger charge is -2.08. The van der Waals surface area contributed by atoms with Crippen molar-refractivity contribution in [3.8, 4) is 0 Å². The zero-order chi connectivity index (χ0) is 12.0. The second-order valence-corrected chi connectivity index (χ2v) is 3.83. The van der Waals surface area contributed by atoms with Crippen LogP contribution in [-0.4, -0.2) is 12.6 Å². The number of hydrogen-bond donors (Lipinski definition) is 0. The van der Waals surface area contributed by atoms with E-state index in [-0.39, 0.29) is 5.97 Å². The molecule has 0 bridgehead atoms. The maximum Gasteiger partial charge on any atom is 0.338 e.